The Bertz CT molecular complexity index is 281. The molecule has 0 aliphatic heterocycles. The van der Waals surface area contributed by atoms with E-state index in [1.165, 1.54) is 19.3 Å². The van der Waals surface area contributed by atoms with Gasteiger partial charge in [-0.1, -0.05) is 52.4 Å². The molecule has 6 nitrogen and oxygen atoms in total. The van der Waals surface area contributed by atoms with Crippen molar-refractivity contribution >= 4 is 7.82 Å². The molecule has 7 heteroatoms. The highest BCUT2D eigenvalue weighted by Crippen LogP contribution is 2.35. The minimum Gasteiger partial charge on any atom is -0.379 e. The van der Waals surface area contributed by atoms with Gasteiger partial charge in [0.15, 0.2) is 0 Å². The summed E-state index contributed by atoms with van der Waals surface area (Å²) >= 11 is 0. The van der Waals surface area contributed by atoms with E-state index >= 15 is 0 Å². The van der Waals surface area contributed by atoms with Gasteiger partial charge in [0, 0.05) is 13.2 Å². The summed E-state index contributed by atoms with van der Waals surface area (Å²) in [7, 11) is -4.46. The molecule has 0 amide bonds. The van der Waals surface area contributed by atoms with Crippen molar-refractivity contribution in [2.24, 2.45) is 0 Å². The Morgan fingerprint density at radius 1 is 0.864 bits per heavy atom. The van der Waals surface area contributed by atoms with Gasteiger partial charge in [0.1, 0.15) is 6.10 Å². The fourth-order valence-corrected chi connectivity index (χ4v) is 2.31. The predicted molar refractivity (Wildman–Crippen MR) is 86.8 cm³/mol. The maximum atomic E-state index is 10.8. The second-order valence-corrected chi connectivity index (χ2v) is 6.71. The highest BCUT2D eigenvalue weighted by Gasteiger charge is 2.19. The largest absolute Gasteiger partial charge is 0.469 e. The van der Waals surface area contributed by atoms with Gasteiger partial charge >= 0.3 is 7.82 Å². The molecule has 0 rings (SSSR count). The number of ether oxygens (including phenoxy) is 2. The Kier molecular flexibility index (Phi) is 14.6. The third kappa shape index (κ3) is 16.4. The number of unbranched alkanes of at least 4 members (excludes halogenated alkanes) is 6. The number of phosphoric acid groups is 1. The summed E-state index contributed by atoms with van der Waals surface area (Å²) in [5, 5.41) is 0. The zero-order chi connectivity index (χ0) is 16.7. The Morgan fingerprint density at radius 3 is 2.00 bits per heavy atom. The molecular formula is C15H33O6P. The molecule has 0 aromatic carbocycles. The van der Waals surface area contributed by atoms with Gasteiger partial charge in [-0.05, 0) is 12.8 Å². The molecule has 22 heavy (non-hydrogen) atoms. The van der Waals surface area contributed by atoms with E-state index in [1.807, 2.05) is 0 Å². The Hall–Kier alpha value is 0.0300. The molecule has 0 saturated carbocycles. The molecule has 1 atom stereocenters. The summed E-state index contributed by atoms with van der Waals surface area (Å²) in [4.78, 5) is 17.5. The molecule has 2 N–H and O–H groups in total. The molecule has 0 aliphatic carbocycles. The van der Waals surface area contributed by atoms with Crippen LogP contribution in [-0.2, 0) is 18.6 Å². The van der Waals surface area contributed by atoms with E-state index in [0.29, 0.717) is 19.8 Å². The van der Waals surface area contributed by atoms with Gasteiger partial charge in [0.05, 0.1) is 13.2 Å². The number of phosphoric ester groups is 1. The second kappa shape index (κ2) is 14.6. The Morgan fingerprint density at radius 2 is 1.45 bits per heavy atom. The maximum absolute atomic E-state index is 10.8. The van der Waals surface area contributed by atoms with E-state index in [1.54, 1.807) is 0 Å². The van der Waals surface area contributed by atoms with E-state index < -0.39 is 13.9 Å². The SMILES string of the molecule is CCCCCCOCC(COP(=O)(O)O)OCCCCCC. The van der Waals surface area contributed by atoms with E-state index in [0.717, 1.165) is 32.1 Å². The Balaban J connectivity index is 3.87. The van der Waals surface area contributed by atoms with E-state index in [9.17, 15) is 4.57 Å². The fraction of sp³-hybridized carbons (Fsp3) is 1.00. The van der Waals surface area contributed by atoms with Crippen LogP contribution in [0.15, 0.2) is 0 Å². The van der Waals surface area contributed by atoms with Crippen molar-refractivity contribution in [1.29, 1.82) is 0 Å². The quantitative estimate of drug-likeness (QED) is 0.329. The van der Waals surface area contributed by atoms with Gasteiger partial charge in [-0.2, -0.15) is 0 Å². The average Bonchev–Trinajstić information content (AvgIpc) is 2.46. The number of hydrogen-bond acceptors (Lipinski definition) is 4. The van der Waals surface area contributed by atoms with Crippen molar-refractivity contribution in [3.8, 4) is 0 Å². The lowest BCUT2D eigenvalue weighted by molar-refractivity contribution is -0.0429. The molecule has 1 unspecified atom stereocenters. The molecule has 0 aromatic heterocycles. The van der Waals surface area contributed by atoms with Crippen molar-refractivity contribution in [2.75, 3.05) is 26.4 Å². The third-order valence-electron chi connectivity index (χ3n) is 3.23. The van der Waals surface area contributed by atoms with Crippen LogP contribution in [0, 0.1) is 0 Å². The third-order valence-corrected chi connectivity index (χ3v) is 3.71. The minimum absolute atomic E-state index is 0.146. The van der Waals surface area contributed by atoms with Crippen LogP contribution >= 0.6 is 7.82 Å². The van der Waals surface area contributed by atoms with E-state index in [4.69, 9.17) is 19.3 Å². The van der Waals surface area contributed by atoms with Crippen LogP contribution in [0.1, 0.15) is 65.2 Å². The van der Waals surface area contributed by atoms with Crippen LogP contribution in [0.4, 0.5) is 0 Å². The van der Waals surface area contributed by atoms with Crippen LogP contribution < -0.4 is 0 Å². The van der Waals surface area contributed by atoms with E-state index in [2.05, 4.69) is 18.4 Å². The average molecular weight is 340 g/mol. The standard InChI is InChI=1S/C15H33O6P/c1-3-5-7-9-11-19-13-15(14-21-22(16,17)18)20-12-10-8-6-4-2/h15H,3-14H2,1-2H3,(H2,16,17,18). The van der Waals surface area contributed by atoms with Gasteiger partial charge < -0.3 is 19.3 Å². The maximum Gasteiger partial charge on any atom is 0.469 e. The lowest BCUT2D eigenvalue weighted by Gasteiger charge is -2.18. The smallest absolute Gasteiger partial charge is 0.379 e. The molecule has 0 saturated heterocycles. The first kappa shape index (κ1) is 22.0. The molecule has 0 fully saturated rings. The summed E-state index contributed by atoms with van der Waals surface area (Å²) in [6.45, 7) is 5.67. The minimum atomic E-state index is -4.46. The molecule has 0 bridgehead atoms. The molecule has 0 heterocycles. The van der Waals surface area contributed by atoms with Gasteiger partial charge in [0.2, 0.25) is 0 Å². The highest BCUT2D eigenvalue weighted by molar-refractivity contribution is 7.46. The summed E-state index contributed by atoms with van der Waals surface area (Å²) in [6.07, 6.45) is 8.44. The summed E-state index contributed by atoms with van der Waals surface area (Å²) in [5.74, 6) is 0. The molecule has 0 aromatic rings. The zero-order valence-electron chi connectivity index (χ0n) is 14.0. The first-order valence-electron chi connectivity index (χ1n) is 8.39. The van der Waals surface area contributed by atoms with Crippen LogP contribution in [0.3, 0.4) is 0 Å². The first-order valence-corrected chi connectivity index (χ1v) is 9.92. The van der Waals surface area contributed by atoms with Crippen LogP contribution in [-0.4, -0.2) is 42.3 Å². The van der Waals surface area contributed by atoms with E-state index in [-0.39, 0.29) is 6.61 Å². The van der Waals surface area contributed by atoms with Gasteiger partial charge in [0.25, 0.3) is 0 Å². The first-order chi connectivity index (χ1) is 10.5. The van der Waals surface area contributed by atoms with Crippen LogP contribution in [0.25, 0.3) is 0 Å². The summed E-state index contributed by atoms with van der Waals surface area (Å²) in [5.41, 5.74) is 0. The van der Waals surface area contributed by atoms with Crippen molar-refractivity contribution in [1.82, 2.24) is 0 Å². The number of rotatable bonds is 16. The molecule has 0 aliphatic rings. The topological polar surface area (TPSA) is 85.2 Å². The van der Waals surface area contributed by atoms with Crippen LogP contribution in [0.5, 0.6) is 0 Å². The fourth-order valence-electron chi connectivity index (χ4n) is 1.95. The Labute approximate surface area is 134 Å². The zero-order valence-corrected chi connectivity index (χ0v) is 14.9. The predicted octanol–water partition coefficient (Wildman–Crippen LogP) is 3.66. The molecule has 134 valence electrons. The van der Waals surface area contributed by atoms with Gasteiger partial charge in [-0.25, -0.2) is 4.57 Å². The summed E-state index contributed by atoms with van der Waals surface area (Å²) < 4.78 is 26.4. The highest BCUT2D eigenvalue weighted by atomic mass is 31.2. The lowest BCUT2D eigenvalue weighted by Crippen LogP contribution is -2.26. The van der Waals surface area contributed by atoms with Crippen molar-refractivity contribution in [3.05, 3.63) is 0 Å². The lowest BCUT2D eigenvalue weighted by atomic mass is 10.2. The second-order valence-electron chi connectivity index (χ2n) is 5.48. The van der Waals surface area contributed by atoms with Gasteiger partial charge in [-0.3, -0.25) is 4.52 Å². The molecule has 0 radical (unpaired) electrons. The van der Waals surface area contributed by atoms with Gasteiger partial charge in [-0.15, -0.1) is 0 Å². The monoisotopic (exact) mass is 340 g/mol. The molecular weight excluding hydrogens is 307 g/mol. The normalized spacial score (nSPS) is 13.5. The summed E-state index contributed by atoms with van der Waals surface area (Å²) in [6, 6.07) is 0. The number of hydrogen-bond donors (Lipinski definition) is 2. The van der Waals surface area contributed by atoms with Crippen molar-refractivity contribution in [2.45, 2.75) is 71.3 Å². The molecule has 0 spiro atoms. The van der Waals surface area contributed by atoms with Crippen molar-refractivity contribution < 1.29 is 28.3 Å². The van der Waals surface area contributed by atoms with Crippen molar-refractivity contribution in [3.63, 3.8) is 0 Å². The van der Waals surface area contributed by atoms with Crippen LogP contribution in [0.2, 0.25) is 0 Å².